The summed E-state index contributed by atoms with van der Waals surface area (Å²) in [5.74, 6) is 0.605. The Kier molecular flexibility index (Phi) is 5.75. The van der Waals surface area contributed by atoms with Crippen molar-refractivity contribution in [1.29, 1.82) is 0 Å². The van der Waals surface area contributed by atoms with Crippen LogP contribution in [0.4, 0.5) is 0 Å². The number of amides is 1. The molecular formula is C15H23NO. The molecule has 0 aliphatic rings. The molecule has 0 saturated carbocycles. The van der Waals surface area contributed by atoms with Crippen LogP contribution in [0.5, 0.6) is 0 Å². The van der Waals surface area contributed by atoms with E-state index in [1.807, 2.05) is 18.2 Å². The van der Waals surface area contributed by atoms with Crippen LogP contribution in [0.15, 0.2) is 24.3 Å². The van der Waals surface area contributed by atoms with Gasteiger partial charge in [0.15, 0.2) is 0 Å². The van der Waals surface area contributed by atoms with Gasteiger partial charge in [0.25, 0.3) is 5.91 Å². The van der Waals surface area contributed by atoms with E-state index in [1.54, 1.807) is 0 Å². The van der Waals surface area contributed by atoms with Crippen LogP contribution in [0.2, 0.25) is 0 Å². The van der Waals surface area contributed by atoms with Gasteiger partial charge in [-0.15, -0.1) is 0 Å². The first-order chi connectivity index (χ1) is 8.22. The van der Waals surface area contributed by atoms with E-state index in [0.29, 0.717) is 5.92 Å². The predicted molar refractivity (Wildman–Crippen MR) is 72.4 cm³/mol. The molecule has 0 bridgehead atoms. The van der Waals surface area contributed by atoms with Crippen molar-refractivity contribution in [3.8, 4) is 0 Å². The molecule has 0 aliphatic carbocycles. The minimum Gasteiger partial charge on any atom is -0.352 e. The van der Waals surface area contributed by atoms with E-state index in [9.17, 15) is 4.79 Å². The molecule has 0 aromatic heterocycles. The van der Waals surface area contributed by atoms with Crippen molar-refractivity contribution < 1.29 is 4.79 Å². The molecule has 0 spiro atoms. The third kappa shape index (κ3) is 3.88. The molecule has 0 aliphatic heterocycles. The van der Waals surface area contributed by atoms with Crippen molar-refractivity contribution in [1.82, 2.24) is 5.32 Å². The van der Waals surface area contributed by atoms with Gasteiger partial charge < -0.3 is 5.32 Å². The second kappa shape index (κ2) is 7.10. The average Bonchev–Trinajstić information content (AvgIpc) is 2.38. The highest BCUT2D eigenvalue weighted by Gasteiger charge is 2.10. The molecule has 17 heavy (non-hydrogen) atoms. The van der Waals surface area contributed by atoms with Gasteiger partial charge in [0.2, 0.25) is 0 Å². The lowest BCUT2D eigenvalue weighted by Gasteiger charge is -2.13. The summed E-state index contributed by atoms with van der Waals surface area (Å²) in [5, 5.41) is 2.91. The van der Waals surface area contributed by atoms with Crippen LogP contribution in [-0.4, -0.2) is 12.5 Å². The SMILES string of the molecule is CCCNC(=O)c1cccc(C(CC)CC)c1. The van der Waals surface area contributed by atoms with Crippen LogP contribution in [0.3, 0.4) is 0 Å². The number of benzene rings is 1. The summed E-state index contributed by atoms with van der Waals surface area (Å²) in [6.07, 6.45) is 3.21. The van der Waals surface area contributed by atoms with Crippen LogP contribution < -0.4 is 5.32 Å². The summed E-state index contributed by atoms with van der Waals surface area (Å²) in [4.78, 5) is 11.8. The second-order valence-corrected chi connectivity index (χ2v) is 4.39. The molecular weight excluding hydrogens is 210 g/mol. The van der Waals surface area contributed by atoms with Crippen LogP contribution in [0.25, 0.3) is 0 Å². The molecule has 1 aromatic rings. The highest BCUT2D eigenvalue weighted by atomic mass is 16.1. The number of hydrogen-bond acceptors (Lipinski definition) is 1. The lowest BCUT2D eigenvalue weighted by molar-refractivity contribution is 0.0953. The molecule has 2 nitrogen and oxygen atoms in total. The van der Waals surface area contributed by atoms with E-state index in [0.717, 1.165) is 31.4 Å². The van der Waals surface area contributed by atoms with E-state index < -0.39 is 0 Å². The standard InChI is InChI=1S/C15H23NO/c1-4-10-16-15(17)14-9-7-8-13(11-14)12(5-2)6-3/h7-9,11-12H,4-6,10H2,1-3H3,(H,16,17). The third-order valence-electron chi connectivity index (χ3n) is 3.14. The fourth-order valence-corrected chi connectivity index (χ4v) is 2.03. The predicted octanol–water partition coefficient (Wildman–Crippen LogP) is 3.73. The lowest BCUT2D eigenvalue weighted by Crippen LogP contribution is -2.24. The molecule has 1 rings (SSSR count). The van der Waals surface area contributed by atoms with Crippen LogP contribution in [0, 0.1) is 0 Å². The highest BCUT2D eigenvalue weighted by Crippen LogP contribution is 2.23. The summed E-state index contributed by atoms with van der Waals surface area (Å²) < 4.78 is 0. The Balaban J connectivity index is 2.81. The van der Waals surface area contributed by atoms with E-state index in [2.05, 4.69) is 32.2 Å². The van der Waals surface area contributed by atoms with Crippen molar-refractivity contribution >= 4 is 5.91 Å². The summed E-state index contributed by atoms with van der Waals surface area (Å²) in [6.45, 7) is 7.19. The van der Waals surface area contributed by atoms with Crippen molar-refractivity contribution in [2.45, 2.75) is 46.0 Å². The smallest absolute Gasteiger partial charge is 0.251 e. The van der Waals surface area contributed by atoms with Crippen LogP contribution in [-0.2, 0) is 0 Å². The normalized spacial score (nSPS) is 10.6. The zero-order valence-electron chi connectivity index (χ0n) is 11.1. The molecule has 0 fully saturated rings. The van der Waals surface area contributed by atoms with Gasteiger partial charge >= 0.3 is 0 Å². The van der Waals surface area contributed by atoms with Gasteiger partial charge in [0.1, 0.15) is 0 Å². The molecule has 0 unspecified atom stereocenters. The molecule has 0 heterocycles. The van der Waals surface area contributed by atoms with Crippen LogP contribution >= 0.6 is 0 Å². The largest absolute Gasteiger partial charge is 0.352 e. The molecule has 1 amide bonds. The Hall–Kier alpha value is -1.31. The summed E-state index contributed by atoms with van der Waals surface area (Å²) in [7, 11) is 0. The second-order valence-electron chi connectivity index (χ2n) is 4.39. The zero-order valence-corrected chi connectivity index (χ0v) is 11.1. The molecule has 0 radical (unpaired) electrons. The maximum atomic E-state index is 11.8. The molecule has 1 aromatic carbocycles. The molecule has 0 saturated heterocycles. The zero-order chi connectivity index (χ0) is 12.7. The van der Waals surface area contributed by atoms with E-state index in [4.69, 9.17) is 0 Å². The Bertz CT molecular complexity index is 356. The van der Waals surface area contributed by atoms with Crippen molar-refractivity contribution in [2.75, 3.05) is 6.54 Å². The topological polar surface area (TPSA) is 29.1 Å². The minimum atomic E-state index is 0.0413. The van der Waals surface area contributed by atoms with Gasteiger partial charge in [-0.25, -0.2) is 0 Å². The summed E-state index contributed by atoms with van der Waals surface area (Å²) in [6, 6.07) is 8.02. The van der Waals surface area contributed by atoms with Crippen LogP contribution in [0.1, 0.15) is 61.9 Å². The monoisotopic (exact) mass is 233 g/mol. The molecule has 94 valence electrons. The fourth-order valence-electron chi connectivity index (χ4n) is 2.03. The average molecular weight is 233 g/mol. The van der Waals surface area contributed by atoms with Crippen molar-refractivity contribution in [2.24, 2.45) is 0 Å². The first kappa shape index (κ1) is 13.8. The maximum Gasteiger partial charge on any atom is 0.251 e. The van der Waals surface area contributed by atoms with E-state index >= 15 is 0 Å². The Morgan fingerprint density at radius 3 is 2.53 bits per heavy atom. The van der Waals surface area contributed by atoms with Gasteiger partial charge in [0.05, 0.1) is 0 Å². The summed E-state index contributed by atoms with van der Waals surface area (Å²) in [5.41, 5.74) is 2.06. The van der Waals surface area contributed by atoms with E-state index in [1.165, 1.54) is 5.56 Å². The highest BCUT2D eigenvalue weighted by molar-refractivity contribution is 5.94. The number of hydrogen-bond donors (Lipinski definition) is 1. The van der Waals surface area contributed by atoms with Gasteiger partial charge in [-0.05, 0) is 42.9 Å². The Morgan fingerprint density at radius 1 is 1.24 bits per heavy atom. The number of rotatable bonds is 6. The lowest BCUT2D eigenvalue weighted by atomic mass is 9.93. The minimum absolute atomic E-state index is 0.0413. The Morgan fingerprint density at radius 2 is 1.94 bits per heavy atom. The first-order valence-corrected chi connectivity index (χ1v) is 6.61. The number of carbonyl (C=O) groups excluding carboxylic acids is 1. The van der Waals surface area contributed by atoms with Crippen molar-refractivity contribution in [3.05, 3.63) is 35.4 Å². The maximum absolute atomic E-state index is 11.8. The quantitative estimate of drug-likeness (QED) is 0.797. The molecule has 0 atom stereocenters. The summed E-state index contributed by atoms with van der Waals surface area (Å²) >= 11 is 0. The molecule has 1 N–H and O–H groups in total. The first-order valence-electron chi connectivity index (χ1n) is 6.61. The van der Waals surface area contributed by atoms with Crippen molar-refractivity contribution in [3.63, 3.8) is 0 Å². The van der Waals surface area contributed by atoms with Gasteiger partial charge in [-0.2, -0.15) is 0 Å². The van der Waals surface area contributed by atoms with Gasteiger partial charge in [-0.3, -0.25) is 4.79 Å². The van der Waals surface area contributed by atoms with Gasteiger partial charge in [-0.1, -0.05) is 32.9 Å². The van der Waals surface area contributed by atoms with Gasteiger partial charge in [0, 0.05) is 12.1 Å². The van der Waals surface area contributed by atoms with E-state index in [-0.39, 0.29) is 5.91 Å². The third-order valence-corrected chi connectivity index (χ3v) is 3.14. The number of nitrogens with one attached hydrogen (secondary N) is 1. The Labute approximate surface area is 104 Å². The fraction of sp³-hybridized carbons (Fsp3) is 0.533. The number of carbonyl (C=O) groups is 1. The molecule has 2 heteroatoms.